The number of carbonyl (C=O) groups excluding carboxylic acids is 3. The van der Waals surface area contributed by atoms with E-state index in [4.69, 9.17) is 16.2 Å². The van der Waals surface area contributed by atoms with Crippen LogP contribution in [-0.4, -0.2) is 60.1 Å². The molecule has 0 aliphatic rings. The topological polar surface area (TPSA) is 137 Å². The Morgan fingerprint density at radius 1 is 1.36 bits per heavy atom. The van der Waals surface area contributed by atoms with Gasteiger partial charge in [0.2, 0.25) is 5.91 Å². The molecule has 0 fully saturated rings. The molecule has 0 bridgehead atoms. The smallest absolute Gasteiger partial charge is 0.267 e. The number of nitrogens with zero attached hydrogens (tertiary/aromatic N) is 1. The summed E-state index contributed by atoms with van der Waals surface area (Å²) in [5.41, 5.74) is 5.42. The number of aliphatic hydroxyl groups is 1. The monoisotopic (exact) mass is 306 g/mol. The summed E-state index contributed by atoms with van der Waals surface area (Å²) in [6.07, 6.45) is 0.574. The zero-order valence-corrected chi connectivity index (χ0v) is 11.9. The molecule has 1 aromatic rings. The quantitative estimate of drug-likeness (QED) is 0.341. The standard InChI is InChI=1S/C14H18N4O4/c15-13(14(16)22)10-3-1-2-4-11(10)17-9-12(21)18(5-7-19)6-8-20/h1-4,7,15,17,20H,5-6,8-9H2,(H2,16,22). The molecule has 0 unspecified atom stereocenters. The number of aliphatic hydroxyl groups excluding tert-OH is 1. The Balaban J connectivity index is 2.79. The lowest BCUT2D eigenvalue weighted by molar-refractivity contribution is -0.131. The van der Waals surface area contributed by atoms with Crippen molar-refractivity contribution in [2.45, 2.75) is 0 Å². The molecule has 0 aliphatic carbocycles. The molecule has 0 saturated heterocycles. The van der Waals surface area contributed by atoms with E-state index in [2.05, 4.69) is 5.32 Å². The summed E-state index contributed by atoms with van der Waals surface area (Å²) in [5.74, 6) is -1.26. The van der Waals surface area contributed by atoms with Gasteiger partial charge in [0.25, 0.3) is 5.91 Å². The van der Waals surface area contributed by atoms with Gasteiger partial charge in [-0.1, -0.05) is 18.2 Å². The summed E-state index contributed by atoms with van der Waals surface area (Å²) in [5, 5.41) is 19.3. The molecule has 0 aromatic heterocycles. The van der Waals surface area contributed by atoms with E-state index >= 15 is 0 Å². The van der Waals surface area contributed by atoms with Crippen molar-refractivity contribution in [1.29, 1.82) is 5.41 Å². The number of hydrogen-bond donors (Lipinski definition) is 4. The number of aldehydes is 1. The normalized spacial score (nSPS) is 9.86. The highest BCUT2D eigenvalue weighted by Crippen LogP contribution is 2.15. The molecule has 0 atom stereocenters. The Kier molecular flexibility index (Phi) is 6.71. The highest BCUT2D eigenvalue weighted by Gasteiger charge is 2.15. The number of nitrogens with two attached hydrogens (primary N) is 1. The number of nitrogens with one attached hydrogen (secondary N) is 2. The lowest BCUT2D eigenvalue weighted by atomic mass is 10.1. The SMILES string of the molecule is N=C(C(N)=O)c1ccccc1NCC(=O)N(CC=O)CCO. The second-order valence-corrected chi connectivity index (χ2v) is 4.37. The minimum Gasteiger partial charge on any atom is -0.395 e. The van der Waals surface area contributed by atoms with Gasteiger partial charge in [0.05, 0.1) is 19.7 Å². The number of para-hydroxylation sites is 1. The molecule has 0 radical (unpaired) electrons. The second kappa shape index (κ2) is 8.53. The van der Waals surface area contributed by atoms with Crippen molar-refractivity contribution in [3.05, 3.63) is 29.8 Å². The van der Waals surface area contributed by atoms with Crippen LogP contribution in [0.1, 0.15) is 5.56 Å². The van der Waals surface area contributed by atoms with Crippen molar-refractivity contribution in [1.82, 2.24) is 4.90 Å². The molecule has 8 nitrogen and oxygen atoms in total. The van der Waals surface area contributed by atoms with Crippen molar-refractivity contribution in [2.75, 3.05) is 31.6 Å². The Morgan fingerprint density at radius 3 is 2.64 bits per heavy atom. The van der Waals surface area contributed by atoms with Crippen LogP contribution in [0.25, 0.3) is 0 Å². The second-order valence-electron chi connectivity index (χ2n) is 4.37. The first-order chi connectivity index (χ1) is 10.5. The van der Waals surface area contributed by atoms with E-state index in [1.54, 1.807) is 18.2 Å². The van der Waals surface area contributed by atoms with Crippen molar-refractivity contribution >= 4 is 29.5 Å². The summed E-state index contributed by atoms with van der Waals surface area (Å²) in [4.78, 5) is 34.8. The van der Waals surface area contributed by atoms with E-state index in [-0.39, 0.29) is 43.4 Å². The Bertz CT molecular complexity index is 574. The highest BCUT2D eigenvalue weighted by atomic mass is 16.3. The van der Waals surface area contributed by atoms with Crippen LogP contribution in [0, 0.1) is 5.41 Å². The third-order valence-electron chi connectivity index (χ3n) is 2.89. The molecule has 2 amide bonds. The predicted molar refractivity (Wildman–Crippen MR) is 80.7 cm³/mol. The van der Waals surface area contributed by atoms with Crippen LogP contribution in [0.2, 0.25) is 0 Å². The molecule has 0 saturated carbocycles. The number of carbonyl (C=O) groups is 3. The van der Waals surface area contributed by atoms with Crippen LogP contribution in [0.5, 0.6) is 0 Å². The van der Waals surface area contributed by atoms with E-state index in [1.165, 1.54) is 11.0 Å². The van der Waals surface area contributed by atoms with E-state index in [1.807, 2.05) is 0 Å². The van der Waals surface area contributed by atoms with E-state index in [0.29, 0.717) is 12.0 Å². The molecule has 0 spiro atoms. The van der Waals surface area contributed by atoms with Gasteiger partial charge in [-0.25, -0.2) is 0 Å². The fraction of sp³-hybridized carbons (Fsp3) is 0.286. The molecule has 0 heterocycles. The summed E-state index contributed by atoms with van der Waals surface area (Å²) in [7, 11) is 0. The summed E-state index contributed by atoms with van der Waals surface area (Å²) in [6.45, 7) is -0.447. The van der Waals surface area contributed by atoms with Crippen LogP contribution in [0.3, 0.4) is 0 Å². The van der Waals surface area contributed by atoms with Gasteiger partial charge < -0.3 is 25.9 Å². The predicted octanol–water partition coefficient (Wildman–Crippen LogP) is -1.03. The fourth-order valence-electron chi connectivity index (χ4n) is 1.80. The molecule has 118 valence electrons. The first-order valence-corrected chi connectivity index (χ1v) is 6.55. The van der Waals surface area contributed by atoms with E-state index in [9.17, 15) is 14.4 Å². The number of benzene rings is 1. The molecule has 1 rings (SSSR count). The maximum Gasteiger partial charge on any atom is 0.267 e. The van der Waals surface area contributed by atoms with Gasteiger partial charge in [-0.2, -0.15) is 0 Å². The first kappa shape index (κ1) is 17.3. The van der Waals surface area contributed by atoms with Gasteiger partial charge in [-0.3, -0.25) is 15.0 Å². The molecular weight excluding hydrogens is 288 g/mol. The third-order valence-corrected chi connectivity index (χ3v) is 2.89. The lowest BCUT2D eigenvalue weighted by Gasteiger charge is -2.20. The average Bonchev–Trinajstić information content (AvgIpc) is 2.51. The summed E-state index contributed by atoms with van der Waals surface area (Å²) >= 11 is 0. The van der Waals surface area contributed by atoms with Crippen LogP contribution < -0.4 is 11.1 Å². The van der Waals surface area contributed by atoms with Crippen LogP contribution in [-0.2, 0) is 14.4 Å². The van der Waals surface area contributed by atoms with Gasteiger partial charge in [-0.05, 0) is 6.07 Å². The largest absolute Gasteiger partial charge is 0.395 e. The van der Waals surface area contributed by atoms with Crippen molar-refractivity contribution in [3.8, 4) is 0 Å². The molecule has 8 heteroatoms. The maximum atomic E-state index is 12.0. The Labute approximate surface area is 127 Å². The molecule has 0 aliphatic heterocycles. The molecule has 22 heavy (non-hydrogen) atoms. The van der Waals surface area contributed by atoms with Crippen molar-refractivity contribution in [2.24, 2.45) is 5.73 Å². The minimum absolute atomic E-state index is 0.0536. The van der Waals surface area contributed by atoms with E-state index in [0.717, 1.165) is 0 Å². The molecule has 1 aromatic carbocycles. The van der Waals surface area contributed by atoms with Gasteiger partial charge >= 0.3 is 0 Å². The third kappa shape index (κ3) is 4.67. The van der Waals surface area contributed by atoms with Gasteiger partial charge in [0.15, 0.2) is 0 Å². The minimum atomic E-state index is -0.872. The zero-order valence-electron chi connectivity index (χ0n) is 11.9. The number of rotatable bonds is 9. The van der Waals surface area contributed by atoms with Gasteiger partial charge in [-0.15, -0.1) is 0 Å². The first-order valence-electron chi connectivity index (χ1n) is 6.55. The van der Waals surface area contributed by atoms with Crippen molar-refractivity contribution < 1.29 is 19.5 Å². The number of hydrogen-bond acceptors (Lipinski definition) is 6. The zero-order chi connectivity index (χ0) is 16.5. The van der Waals surface area contributed by atoms with E-state index < -0.39 is 5.91 Å². The van der Waals surface area contributed by atoms with Crippen LogP contribution in [0.4, 0.5) is 5.69 Å². The Hall–Kier alpha value is -2.74. The maximum absolute atomic E-state index is 12.0. The summed E-state index contributed by atoms with van der Waals surface area (Å²) < 4.78 is 0. The molecular formula is C14H18N4O4. The number of anilines is 1. The van der Waals surface area contributed by atoms with Crippen LogP contribution in [0.15, 0.2) is 24.3 Å². The van der Waals surface area contributed by atoms with Gasteiger partial charge in [0, 0.05) is 17.8 Å². The molecule has 5 N–H and O–H groups in total. The number of primary amides is 1. The highest BCUT2D eigenvalue weighted by molar-refractivity contribution is 6.44. The summed E-state index contributed by atoms with van der Waals surface area (Å²) in [6, 6.07) is 6.47. The average molecular weight is 306 g/mol. The van der Waals surface area contributed by atoms with Crippen molar-refractivity contribution in [3.63, 3.8) is 0 Å². The lowest BCUT2D eigenvalue weighted by Crippen LogP contribution is -2.39. The Morgan fingerprint density at radius 2 is 2.05 bits per heavy atom. The fourth-order valence-corrected chi connectivity index (χ4v) is 1.80. The number of amides is 2. The van der Waals surface area contributed by atoms with Crippen LogP contribution >= 0.6 is 0 Å². The van der Waals surface area contributed by atoms with Gasteiger partial charge in [0.1, 0.15) is 12.0 Å².